The Morgan fingerprint density at radius 1 is 1.58 bits per heavy atom. The molecule has 1 aliphatic heterocycles. The SMILES string of the molecule is CCc1nn(C)c(CC(NC)C2(C)CCCO2)c1Cl. The highest BCUT2D eigenvalue weighted by atomic mass is 35.5. The third-order valence-corrected chi connectivity index (χ3v) is 4.67. The summed E-state index contributed by atoms with van der Waals surface area (Å²) in [6.45, 7) is 5.12. The average Bonchev–Trinajstić information content (AvgIpc) is 2.93. The Bertz CT molecular complexity index is 438. The van der Waals surface area contributed by atoms with Crippen LogP contribution in [0.15, 0.2) is 0 Å². The van der Waals surface area contributed by atoms with Crippen molar-refractivity contribution in [2.24, 2.45) is 7.05 Å². The summed E-state index contributed by atoms with van der Waals surface area (Å²) >= 11 is 6.43. The van der Waals surface area contributed by atoms with Crippen LogP contribution in [0.1, 0.15) is 38.1 Å². The quantitative estimate of drug-likeness (QED) is 0.902. The fourth-order valence-electron chi connectivity index (χ4n) is 2.93. The largest absolute Gasteiger partial charge is 0.374 e. The zero-order valence-electron chi connectivity index (χ0n) is 12.3. The first-order valence-electron chi connectivity index (χ1n) is 7.03. The van der Waals surface area contributed by atoms with Gasteiger partial charge in [0.25, 0.3) is 0 Å². The third-order valence-electron chi connectivity index (χ3n) is 4.24. The van der Waals surface area contributed by atoms with Crippen LogP contribution in [-0.4, -0.2) is 35.1 Å². The molecule has 4 nitrogen and oxygen atoms in total. The molecular formula is C14H24ClN3O. The second kappa shape index (κ2) is 5.81. The molecular weight excluding hydrogens is 262 g/mol. The predicted molar refractivity (Wildman–Crippen MR) is 77.7 cm³/mol. The Morgan fingerprint density at radius 3 is 2.79 bits per heavy atom. The first kappa shape index (κ1) is 14.8. The van der Waals surface area contributed by atoms with Gasteiger partial charge in [-0.05, 0) is 33.2 Å². The lowest BCUT2D eigenvalue weighted by Gasteiger charge is -2.33. The first-order chi connectivity index (χ1) is 9.01. The monoisotopic (exact) mass is 285 g/mol. The molecule has 1 fully saturated rings. The van der Waals surface area contributed by atoms with Crippen molar-refractivity contribution in [1.82, 2.24) is 15.1 Å². The highest BCUT2D eigenvalue weighted by Crippen LogP contribution is 2.32. The maximum absolute atomic E-state index is 6.43. The van der Waals surface area contributed by atoms with E-state index in [0.29, 0.717) is 0 Å². The molecule has 1 aromatic rings. The molecule has 2 atom stereocenters. The van der Waals surface area contributed by atoms with Crippen molar-refractivity contribution in [3.05, 3.63) is 16.4 Å². The standard InChI is InChI=1S/C14H24ClN3O/c1-5-10-13(15)11(18(4)17-10)9-12(16-3)14(2)7-6-8-19-14/h12,16H,5-9H2,1-4H3. The molecule has 0 spiro atoms. The number of halogens is 1. The van der Waals surface area contributed by atoms with E-state index in [1.165, 1.54) is 0 Å². The number of nitrogens with one attached hydrogen (secondary N) is 1. The van der Waals surface area contributed by atoms with Crippen molar-refractivity contribution in [2.75, 3.05) is 13.7 Å². The molecule has 1 saturated heterocycles. The number of likely N-dealkylation sites (N-methyl/N-ethyl adjacent to an activating group) is 1. The predicted octanol–water partition coefficient (Wildman–Crippen LogP) is 2.34. The molecule has 0 aliphatic carbocycles. The van der Waals surface area contributed by atoms with Crippen molar-refractivity contribution < 1.29 is 4.74 Å². The molecule has 0 amide bonds. The lowest BCUT2D eigenvalue weighted by molar-refractivity contribution is -0.00985. The first-order valence-corrected chi connectivity index (χ1v) is 7.41. The molecule has 0 aromatic carbocycles. The number of nitrogens with zero attached hydrogens (tertiary/aromatic N) is 2. The fourth-order valence-corrected chi connectivity index (χ4v) is 3.30. The minimum absolute atomic E-state index is 0.102. The summed E-state index contributed by atoms with van der Waals surface area (Å²) in [7, 11) is 3.95. The van der Waals surface area contributed by atoms with Crippen LogP contribution >= 0.6 is 11.6 Å². The molecule has 2 heterocycles. The van der Waals surface area contributed by atoms with Gasteiger partial charge in [-0.2, -0.15) is 5.10 Å². The van der Waals surface area contributed by atoms with E-state index in [2.05, 4.69) is 24.3 Å². The van der Waals surface area contributed by atoms with Gasteiger partial charge in [0.1, 0.15) is 0 Å². The van der Waals surface area contributed by atoms with Gasteiger partial charge in [-0.25, -0.2) is 0 Å². The van der Waals surface area contributed by atoms with Gasteiger partial charge in [0.15, 0.2) is 0 Å². The van der Waals surface area contributed by atoms with Crippen molar-refractivity contribution in [1.29, 1.82) is 0 Å². The third kappa shape index (κ3) is 2.81. The van der Waals surface area contributed by atoms with Crippen LogP contribution in [0.4, 0.5) is 0 Å². The Kier molecular flexibility index (Phi) is 4.54. The summed E-state index contributed by atoms with van der Waals surface area (Å²) in [6, 6.07) is 0.257. The van der Waals surface area contributed by atoms with Gasteiger partial charge in [0.2, 0.25) is 0 Å². The molecule has 2 rings (SSSR count). The second-order valence-electron chi connectivity index (χ2n) is 5.49. The minimum atomic E-state index is -0.102. The van der Waals surface area contributed by atoms with E-state index in [-0.39, 0.29) is 11.6 Å². The Balaban J connectivity index is 2.21. The molecule has 0 radical (unpaired) electrons. The number of aromatic nitrogens is 2. The molecule has 2 unspecified atom stereocenters. The lowest BCUT2D eigenvalue weighted by Crippen LogP contribution is -2.48. The second-order valence-corrected chi connectivity index (χ2v) is 5.87. The summed E-state index contributed by atoms with van der Waals surface area (Å²) in [5, 5.41) is 8.68. The maximum Gasteiger partial charge on any atom is 0.0850 e. The maximum atomic E-state index is 6.43. The molecule has 1 aliphatic rings. The Morgan fingerprint density at radius 2 is 2.32 bits per heavy atom. The van der Waals surface area contributed by atoms with Gasteiger partial charge in [-0.1, -0.05) is 18.5 Å². The van der Waals surface area contributed by atoms with E-state index in [0.717, 1.165) is 48.7 Å². The van der Waals surface area contributed by atoms with Crippen molar-refractivity contribution in [3.8, 4) is 0 Å². The van der Waals surface area contributed by atoms with Crippen LogP contribution in [0.2, 0.25) is 5.02 Å². The van der Waals surface area contributed by atoms with Crippen molar-refractivity contribution >= 4 is 11.6 Å². The Hall–Kier alpha value is -0.580. The van der Waals surface area contributed by atoms with Crippen LogP contribution < -0.4 is 5.32 Å². The normalized spacial score (nSPS) is 24.9. The molecule has 1 aromatic heterocycles. The van der Waals surface area contributed by atoms with Gasteiger partial charge in [-0.3, -0.25) is 4.68 Å². The number of hydrogen-bond donors (Lipinski definition) is 1. The zero-order chi connectivity index (χ0) is 14.0. The summed E-state index contributed by atoms with van der Waals surface area (Å²) in [6.07, 6.45) is 3.93. The van der Waals surface area contributed by atoms with Gasteiger partial charge in [-0.15, -0.1) is 0 Å². The molecule has 0 saturated carbocycles. The highest BCUT2D eigenvalue weighted by Gasteiger charge is 2.38. The molecule has 108 valence electrons. The van der Waals surface area contributed by atoms with Crippen LogP contribution in [0.3, 0.4) is 0 Å². The van der Waals surface area contributed by atoms with Crippen molar-refractivity contribution in [2.45, 2.75) is 51.2 Å². The fraction of sp³-hybridized carbons (Fsp3) is 0.786. The number of aryl methyl sites for hydroxylation is 2. The summed E-state index contributed by atoms with van der Waals surface area (Å²) < 4.78 is 7.85. The smallest absolute Gasteiger partial charge is 0.0850 e. The van der Waals surface area contributed by atoms with Gasteiger partial charge >= 0.3 is 0 Å². The number of hydrogen-bond acceptors (Lipinski definition) is 3. The van der Waals surface area contributed by atoms with E-state index >= 15 is 0 Å². The van der Waals surface area contributed by atoms with E-state index in [4.69, 9.17) is 16.3 Å². The summed E-state index contributed by atoms with van der Waals surface area (Å²) in [5.74, 6) is 0. The molecule has 19 heavy (non-hydrogen) atoms. The van der Waals surface area contributed by atoms with E-state index in [1.807, 2.05) is 18.8 Å². The number of rotatable bonds is 5. The molecule has 0 bridgehead atoms. The minimum Gasteiger partial charge on any atom is -0.374 e. The van der Waals surface area contributed by atoms with Crippen LogP contribution in [-0.2, 0) is 24.6 Å². The van der Waals surface area contributed by atoms with E-state index < -0.39 is 0 Å². The zero-order valence-corrected chi connectivity index (χ0v) is 13.0. The summed E-state index contributed by atoms with van der Waals surface area (Å²) in [5.41, 5.74) is 1.97. The molecule has 5 heteroatoms. The topological polar surface area (TPSA) is 39.1 Å². The highest BCUT2D eigenvalue weighted by molar-refractivity contribution is 6.31. The summed E-state index contributed by atoms with van der Waals surface area (Å²) in [4.78, 5) is 0. The van der Waals surface area contributed by atoms with E-state index in [9.17, 15) is 0 Å². The number of ether oxygens (including phenoxy) is 1. The van der Waals surface area contributed by atoms with Crippen LogP contribution in [0, 0.1) is 0 Å². The lowest BCUT2D eigenvalue weighted by atomic mass is 9.89. The average molecular weight is 286 g/mol. The molecule has 1 N–H and O–H groups in total. The van der Waals surface area contributed by atoms with Crippen molar-refractivity contribution in [3.63, 3.8) is 0 Å². The van der Waals surface area contributed by atoms with Gasteiger partial charge < -0.3 is 10.1 Å². The Labute approximate surface area is 120 Å². The van der Waals surface area contributed by atoms with Crippen LogP contribution in [0.25, 0.3) is 0 Å². The van der Waals surface area contributed by atoms with E-state index in [1.54, 1.807) is 0 Å². The van der Waals surface area contributed by atoms with Gasteiger partial charge in [0.05, 0.1) is 22.0 Å². The van der Waals surface area contributed by atoms with Crippen LogP contribution in [0.5, 0.6) is 0 Å². The van der Waals surface area contributed by atoms with Gasteiger partial charge in [0, 0.05) is 26.1 Å².